The van der Waals surface area contributed by atoms with Crippen molar-refractivity contribution in [3.8, 4) is 0 Å². The van der Waals surface area contributed by atoms with E-state index < -0.39 is 6.03 Å². The van der Waals surface area contributed by atoms with Gasteiger partial charge in [0.2, 0.25) is 0 Å². The molecular weight excluding hydrogens is 314 g/mol. The summed E-state index contributed by atoms with van der Waals surface area (Å²) in [5, 5.41) is 10.8. The van der Waals surface area contributed by atoms with E-state index >= 15 is 0 Å². The molecule has 0 aliphatic carbocycles. The van der Waals surface area contributed by atoms with Crippen LogP contribution in [0.2, 0.25) is 5.02 Å². The summed E-state index contributed by atoms with van der Waals surface area (Å²) < 4.78 is 0. The first-order valence-electron chi connectivity index (χ1n) is 7.10. The second-order valence-electron chi connectivity index (χ2n) is 4.86. The van der Waals surface area contributed by atoms with Gasteiger partial charge in [-0.15, -0.1) is 0 Å². The number of nitrogens with zero attached hydrogens (tertiary/aromatic N) is 2. The predicted octanol–water partition coefficient (Wildman–Crippen LogP) is 2.38. The number of carbonyl (C=O) groups is 1. The van der Waals surface area contributed by atoms with Crippen molar-refractivity contribution in [2.24, 2.45) is 5.73 Å². The molecule has 1 aromatic heterocycles. The molecule has 7 heteroatoms. The van der Waals surface area contributed by atoms with E-state index in [1.165, 1.54) is 0 Å². The zero-order valence-electron chi connectivity index (χ0n) is 12.5. The minimum Gasteiger partial charge on any atom is -0.370 e. The number of aromatic nitrogens is 1. The van der Waals surface area contributed by atoms with Gasteiger partial charge in [0.25, 0.3) is 0 Å². The van der Waals surface area contributed by atoms with Gasteiger partial charge in [0.1, 0.15) is 0 Å². The lowest BCUT2D eigenvalue weighted by Gasteiger charge is -2.21. The molecule has 0 radical (unpaired) electrons. The number of guanidine groups is 1. The monoisotopic (exact) mass is 331 g/mol. The standard InChI is InChI=1S/C16H18ClN5O/c17-13-7-4-9-20-14(13)8-10-22(15(18)19)16(23)21-11-12-5-2-1-3-6-12/h1-7,9H,8,10-11H2,(H3,18,19)(H,21,23). The second kappa shape index (κ2) is 8.14. The van der Waals surface area contributed by atoms with Crippen LogP contribution in [0.3, 0.4) is 0 Å². The van der Waals surface area contributed by atoms with Crippen molar-refractivity contribution in [1.82, 2.24) is 15.2 Å². The van der Waals surface area contributed by atoms with Crippen molar-refractivity contribution in [3.63, 3.8) is 0 Å². The van der Waals surface area contributed by atoms with E-state index in [2.05, 4.69) is 10.3 Å². The number of carbonyl (C=O) groups excluding carboxylic acids is 1. The topological polar surface area (TPSA) is 95.1 Å². The van der Waals surface area contributed by atoms with Crippen molar-refractivity contribution in [1.29, 1.82) is 5.41 Å². The van der Waals surface area contributed by atoms with Crippen molar-refractivity contribution in [2.45, 2.75) is 13.0 Å². The average Bonchev–Trinajstić information content (AvgIpc) is 2.55. The molecule has 1 heterocycles. The Kier molecular flexibility index (Phi) is 5.94. The largest absolute Gasteiger partial charge is 0.370 e. The van der Waals surface area contributed by atoms with Gasteiger partial charge in [0, 0.05) is 25.7 Å². The van der Waals surface area contributed by atoms with Gasteiger partial charge in [-0.1, -0.05) is 41.9 Å². The Labute approximate surface area is 139 Å². The molecule has 0 aliphatic rings. The van der Waals surface area contributed by atoms with Gasteiger partial charge in [-0.25, -0.2) is 4.79 Å². The van der Waals surface area contributed by atoms with E-state index in [0.717, 1.165) is 10.5 Å². The smallest absolute Gasteiger partial charge is 0.324 e. The molecule has 4 N–H and O–H groups in total. The number of halogens is 1. The number of benzene rings is 1. The Morgan fingerprint density at radius 2 is 2.00 bits per heavy atom. The molecule has 0 aliphatic heterocycles. The van der Waals surface area contributed by atoms with Crippen LogP contribution >= 0.6 is 11.6 Å². The Balaban J connectivity index is 1.94. The highest BCUT2D eigenvalue weighted by atomic mass is 35.5. The van der Waals surface area contributed by atoms with E-state index in [9.17, 15) is 4.79 Å². The number of urea groups is 1. The van der Waals surface area contributed by atoms with Crippen LogP contribution < -0.4 is 11.1 Å². The fraction of sp³-hybridized carbons (Fsp3) is 0.188. The Hall–Kier alpha value is -2.60. The highest BCUT2D eigenvalue weighted by molar-refractivity contribution is 6.31. The summed E-state index contributed by atoms with van der Waals surface area (Å²) in [6, 6.07) is 12.6. The minimum absolute atomic E-state index is 0.229. The van der Waals surface area contributed by atoms with Crippen LogP contribution in [0.15, 0.2) is 48.7 Å². The molecule has 0 unspecified atom stereocenters. The van der Waals surface area contributed by atoms with Gasteiger partial charge in [-0.2, -0.15) is 0 Å². The molecule has 2 amide bonds. The summed E-state index contributed by atoms with van der Waals surface area (Å²) in [6.07, 6.45) is 2.05. The van der Waals surface area contributed by atoms with Crippen LogP contribution in [0.4, 0.5) is 4.79 Å². The highest BCUT2D eigenvalue weighted by Crippen LogP contribution is 2.13. The lowest BCUT2D eigenvalue weighted by Crippen LogP contribution is -2.47. The maximum atomic E-state index is 12.2. The third kappa shape index (κ3) is 4.96. The van der Waals surface area contributed by atoms with Crippen molar-refractivity contribution in [3.05, 3.63) is 64.9 Å². The van der Waals surface area contributed by atoms with E-state index in [1.54, 1.807) is 18.3 Å². The van der Waals surface area contributed by atoms with Crippen molar-refractivity contribution >= 4 is 23.6 Å². The summed E-state index contributed by atoms with van der Waals surface area (Å²) in [7, 11) is 0. The van der Waals surface area contributed by atoms with Crippen molar-refractivity contribution < 1.29 is 4.79 Å². The first-order chi connectivity index (χ1) is 11.1. The normalized spacial score (nSPS) is 10.1. The fourth-order valence-electron chi connectivity index (χ4n) is 2.02. The first-order valence-corrected chi connectivity index (χ1v) is 7.48. The maximum Gasteiger partial charge on any atom is 0.324 e. The van der Waals surface area contributed by atoms with E-state index in [1.807, 2.05) is 30.3 Å². The molecule has 0 spiro atoms. The molecule has 2 aromatic rings. The van der Waals surface area contributed by atoms with E-state index in [-0.39, 0.29) is 12.5 Å². The molecule has 120 valence electrons. The first kappa shape index (κ1) is 16.8. The number of rotatable bonds is 5. The Bertz CT molecular complexity index is 677. The van der Waals surface area contributed by atoms with Gasteiger partial charge in [0.15, 0.2) is 5.96 Å². The van der Waals surface area contributed by atoms with E-state index in [4.69, 9.17) is 22.7 Å². The molecule has 2 rings (SSSR count). The lowest BCUT2D eigenvalue weighted by molar-refractivity contribution is 0.220. The summed E-state index contributed by atoms with van der Waals surface area (Å²) in [4.78, 5) is 17.5. The van der Waals surface area contributed by atoms with Gasteiger partial charge in [-0.3, -0.25) is 15.3 Å². The number of hydrogen-bond donors (Lipinski definition) is 3. The lowest BCUT2D eigenvalue weighted by atomic mass is 10.2. The number of amides is 2. The number of nitrogens with two attached hydrogens (primary N) is 1. The number of hydrogen-bond acceptors (Lipinski definition) is 3. The van der Waals surface area contributed by atoms with Crippen LogP contribution in [0.5, 0.6) is 0 Å². The molecule has 0 atom stereocenters. The van der Waals surface area contributed by atoms with Crippen molar-refractivity contribution in [2.75, 3.05) is 6.54 Å². The van der Waals surface area contributed by atoms with Crippen LogP contribution in [0.1, 0.15) is 11.3 Å². The van der Waals surface area contributed by atoms with Crippen LogP contribution in [0.25, 0.3) is 0 Å². The third-order valence-corrected chi connectivity index (χ3v) is 3.57. The predicted molar refractivity (Wildman–Crippen MR) is 90.2 cm³/mol. The minimum atomic E-state index is -0.423. The molecule has 0 bridgehead atoms. The zero-order chi connectivity index (χ0) is 16.7. The van der Waals surface area contributed by atoms with Crippen LogP contribution in [-0.4, -0.2) is 28.4 Å². The Morgan fingerprint density at radius 3 is 2.65 bits per heavy atom. The third-order valence-electron chi connectivity index (χ3n) is 3.23. The zero-order valence-corrected chi connectivity index (χ0v) is 13.3. The molecule has 0 fully saturated rings. The number of nitrogens with one attached hydrogen (secondary N) is 2. The fourth-order valence-corrected chi connectivity index (χ4v) is 2.24. The molecule has 23 heavy (non-hydrogen) atoms. The van der Waals surface area contributed by atoms with Gasteiger partial charge < -0.3 is 11.1 Å². The van der Waals surface area contributed by atoms with Crippen LogP contribution in [-0.2, 0) is 13.0 Å². The molecular formula is C16H18ClN5O. The summed E-state index contributed by atoms with van der Waals surface area (Å²) in [6.45, 7) is 0.598. The van der Waals surface area contributed by atoms with Crippen LogP contribution in [0, 0.1) is 5.41 Å². The summed E-state index contributed by atoms with van der Waals surface area (Å²) in [5.41, 5.74) is 7.14. The quantitative estimate of drug-likeness (QED) is 0.580. The highest BCUT2D eigenvalue weighted by Gasteiger charge is 2.16. The molecule has 6 nitrogen and oxygen atoms in total. The average molecular weight is 332 g/mol. The summed E-state index contributed by atoms with van der Waals surface area (Å²) in [5.74, 6) is -0.317. The van der Waals surface area contributed by atoms with Gasteiger partial charge >= 0.3 is 6.03 Å². The molecule has 0 saturated heterocycles. The molecule has 1 aromatic carbocycles. The summed E-state index contributed by atoms with van der Waals surface area (Å²) >= 11 is 6.04. The van der Waals surface area contributed by atoms with Gasteiger partial charge in [-0.05, 0) is 17.7 Å². The molecule has 0 saturated carbocycles. The van der Waals surface area contributed by atoms with E-state index in [0.29, 0.717) is 23.7 Å². The van der Waals surface area contributed by atoms with Gasteiger partial charge in [0.05, 0.1) is 10.7 Å². The SMILES string of the molecule is N=C(N)N(CCc1ncccc1Cl)C(=O)NCc1ccccc1. The second-order valence-corrected chi connectivity index (χ2v) is 5.27. The maximum absolute atomic E-state index is 12.2. The number of pyridine rings is 1. The Morgan fingerprint density at radius 1 is 1.26 bits per heavy atom.